The van der Waals surface area contributed by atoms with Crippen LogP contribution in [-0.2, 0) is 9.59 Å². The number of nitrogens with one attached hydrogen (secondary N) is 3. The predicted molar refractivity (Wildman–Crippen MR) is 163 cm³/mol. The van der Waals surface area contributed by atoms with Crippen LogP contribution in [0.2, 0.25) is 0 Å². The number of aryl methyl sites for hydroxylation is 2. The van der Waals surface area contributed by atoms with Crippen molar-refractivity contribution in [3.05, 3.63) is 35.2 Å². The topological polar surface area (TPSA) is 141 Å². The molecule has 1 unspecified atom stereocenters. The molecule has 1 saturated heterocycles. The van der Waals surface area contributed by atoms with Gasteiger partial charge in [-0.1, -0.05) is 11.8 Å². The molecular weight excluding hydrogens is 564 g/mol. The first-order chi connectivity index (χ1) is 19.6. The molecule has 12 nitrogen and oxygen atoms in total. The molecule has 2 aliphatic heterocycles. The molecule has 3 heterocycles. The zero-order chi connectivity index (χ0) is 29.5. The summed E-state index contributed by atoms with van der Waals surface area (Å²) in [4.78, 5) is 54.3. The Morgan fingerprint density at radius 3 is 2.41 bits per heavy atom. The van der Waals surface area contributed by atoms with E-state index in [-0.39, 0.29) is 22.3 Å². The zero-order valence-electron chi connectivity index (χ0n) is 23.9. The van der Waals surface area contributed by atoms with Gasteiger partial charge in [0.2, 0.25) is 11.8 Å². The maximum absolute atomic E-state index is 13.4. The van der Waals surface area contributed by atoms with Crippen LogP contribution in [0.15, 0.2) is 28.1 Å². The third-order valence-corrected chi connectivity index (χ3v) is 9.05. The Kier molecular flexibility index (Phi) is 10.3. The fraction of sp³-hybridized carbons (Fsp3) is 0.481. The minimum Gasteiger partial charge on any atom is -0.496 e. The monoisotopic (exact) mass is 600 g/mol. The summed E-state index contributed by atoms with van der Waals surface area (Å²) in [5, 5.41) is 9.99. The van der Waals surface area contributed by atoms with E-state index >= 15 is 0 Å². The molecule has 1 atom stereocenters. The van der Waals surface area contributed by atoms with Crippen LogP contribution < -0.4 is 20.7 Å². The van der Waals surface area contributed by atoms with Crippen LogP contribution in [0.5, 0.6) is 5.75 Å². The lowest BCUT2D eigenvalue weighted by Crippen LogP contribution is -2.50. The molecule has 3 amide bonds. The van der Waals surface area contributed by atoms with Gasteiger partial charge >= 0.3 is 0 Å². The molecule has 0 bridgehead atoms. The number of piperazine rings is 1. The molecular formula is C27H36N8O4S2. The molecule has 1 fully saturated rings. The number of rotatable bonds is 9. The van der Waals surface area contributed by atoms with E-state index in [0.29, 0.717) is 74.6 Å². The molecule has 3 N–H and O–H groups in total. The maximum Gasteiger partial charge on any atom is 0.257 e. The number of amides is 3. The Morgan fingerprint density at radius 2 is 1.73 bits per heavy atom. The number of thioether (sulfide) groups is 2. The second-order valence-corrected chi connectivity index (χ2v) is 12.4. The van der Waals surface area contributed by atoms with Crippen LogP contribution in [0.3, 0.4) is 0 Å². The lowest BCUT2D eigenvalue weighted by molar-refractivity contribution is -0.130. The smallest absolute Gasteiger partial charge is 0.257 e. The third kappa shape index (κ3) is 8.26. The molecule has 220 valence electrons. The van der Waals surface area contributed by atoms with E-state index < -0.39 is 0 Å². The van der Waals surface area contributed by atoms with Gasteiger partial charge in [0.05, 0.1) is 23.8 Å². The summed E-state index contributed by atoms with van der Waals surface area (Å²) in [6.07, 6.45) is 0. The Balaban J connectivity index is 1.37. The van der Waals surface area contributed by atoms with Crippen molar-refractivity contribution in [1.29, 1.82) is 0 Å². The van der Waals surface area contributed by atoms with Crippen molar-refractivity contribution in [2.75, 3.05) is 63.6 Å². The number of benzene rings is 1. The van der Waals surface area contributed by atoms with Crippen LogP contribution in [0.1, 0.15) is 35.6 Å². The van der Waals surface area contributed by atoms with Gasteiger partial charge in [-0.2, -0.15) is 0 Å². The number of hydrogen-bond donors (Lipinski definition) is 3. The Hall–Kier alpha value is -3.52. The average molecular weight is 601 g/mol. The molecule has 0 spiro atoms. The van der Waals surface area contributed by atoms with E-state index in [9.17, 15) is 14.4 Å². The van der Waals surface area contributed by atoms with E-state index in [2.05, 4.69) is 30.9 Å². The summed E-state index contributed by atoms with van der Waals surface area (Å²) >= 11 is 3.28. The third-order valence-electron chi connectivity index (χ3n) is 6.50. The Labute approximate surface area is 248 Å². The van der Waals surface area contributed by atoms with Crippen LogP contribution in [0.25, 0.3) is 0 Å². The molecule has 14 heteroatoms. The van der Waals surface area contributed by atoms with E-state index in [1.807, 2.05) is 32.0 Å². The summed E-state index contributed by atoms with van der Waals surface area (Å²) < 4.78 is 5.69. The van der Waals surface area contributed by atoms with E-state index in [4.69, 9.17) is 4.74 Å². The number of aromatic nitrogens is 2. The van der Waals surface area contributed by atoms with Gasteiger partial charge in [0.25, 0.3) is 5.91 Å². The number of nitrogens with zero attached hydrogens (tertiary/aromatic N) is 5. The number of carbonyl (C=O) groups excluding carboxylic acids is 3. The summed E-state index contributed by atoms with van der Waals surface area (Å²) in [5.74, 6) is 2.31. The van der Waals surface area contributed by atoms with Gasteiger partial charge in [0, 0.05) is 64.1 Å². The van der Waals surface area contributed by atoms with Gasteiger partial charge in [-0.15, -0.1) is 11.8 Å². The predicted octanol–water partition coefficient (Wildman–Crippen LogP) is 2.59. The van der Waals surface area contributed by atoms with E-state index in [0.717, 1.165) is 15.6 Å². The van der Waals surface area contributed by atoms with Gasteiger partial charge in [0.1, 0.15) is 23.2 Å². The summed E-state index contributed by atoms with van der Waals surface area (Å²) in [5.41, 5.74) is 1.54. The minimum atomic E-state index is -0.0924. The quantitative estimate of drug-likeness (QED) is 0.368. The maximum atomic E-state index is 13.4. The van der Waals surface area contributed by atoms with Crippen molar-refractivity contribution in [3.8, 4) is 5.75 Å². The fourth-order valence-electron chi connectivity index (χ4n) is 4.41. The van der Waals surface area contributed by atoms with Gasteiger partial charge in [-0.05, 0) is 31.5 Å². The standard InChI is InChI=1S/C27H36N8O4S2/c1-16-12-21(39-5)20(26(38)35-10-8-34(9-11-35)19(4)37)13-22(16)40-25-15-30-27(41-25)33-24-14-23(31-17(2)32-24)29-7-6-28-18(3)36/h12-14,25H,6-11,15H2,1-5H3,(H,28,36)(H2,29,30,31,32,33). The average Bonchev–Trinajstić information content (AvgIpc) is 3.37. The molecule has 0 aliphatic carbocycles. The molecule has 2 aromatic rings. The molecule has 4 rings (SSSR count). The van der Waals surface area contributed by atoms with Gasteiger partial charge < -0.3 is 30.5 Å². The molecule has 0 saturated carbocycles. The zero-order valence-corrected chi connectivity index (χ0v) is 25.6. The highest BCUT2D eigenvalue weighted by Gasteiger charge is 2.28. The highest BCUT2D eigenvalue weighted by molar-refractivity contribution is 8.25. The lowest BCUT2D eigenvalue weighted by Gasteiger charge is -2.34. The van der Waals surface area contributed by atoms with Crippen LogP contribution >= 0.6 is 23.5 Å². The number of anilines is 2. The fourth-order valence-corrected chi connectivity index (χ4v) is 6.76. The molecule has 2 aliphatic rings. The molecule has 1 aromatic carbocycles. The van der Waals surface area contributed by atoms with E-state index in [1.165, 1.54) is 6.92 Å². The number of aliphatic imine (C=N–C) groups is 1. The minimum absolute atomic E-state index is 0.0273. The van der Waals surface area contributed by atoms with Crippen molar-refractivity contribution < 1.29 is 19.1 Å². The van der Waals surface area contributed by atoms with Gasteiger partial charge in [-0.3, -0.25) is 19.4 Å². The van der Waals surface area contributed by atoms with Gasteiger partial charge in [0.15, 0.2) is 5.17 Å². The van der Waals surface area contributed by atoms with Crippen molar-refractivity contribution in [2.24, 2.45) is 4.99 Å². The van der Waals surface area contributed by atoms with Crippen molar-refractivity contribution in [2.45, 2.75) is 37.2 Å². The second-order valence-electron chi connectivity index (χ2n) is 9.65. The second kappa shape index (κ2) is 13.9. The number of amidine groups is 1. The SMILES string of the molecule is COc1cc(C)c(SC2CN=C(Nc3cc(NCCNC(C)=O)nc(C)n3)S2)cc1C(=O)N1CCN(C(C)=O)CC1. The van der Waals surface area contributed by atoms with Crippen molar-refractivity contribution >= 4 is 58.0 Å². The van der Waals surface area contributed by atoms with Crippen LogP contribution in [0.4, 0.5) is 11.6 Å². The highest BCUT2D eigenvalue weighted by Crippen LogP contribution is 2.39. The van der Waals surface area contributed by atoms with Crippen LogP contribution in [-0.4, -0.2) is 100 Å². The molecule has 41 heavy (non-hydrogen) atoms. The summed E-state index contributed by atoms with van der Waals surface area (Å²) in [6.45, 7) is 10.6. The van der Waals surface area contributed by atoms with Crippen molar-refractivity contribution in [3.63, 3.8) is 0 Å². The largest absolute Gasteiger partial charge is 0.496 e. The van der Waals surface area contributed by atoms with E-state index in [1.54, 1.807) is 47.4 Å². The van der Waals surface area contributed by atoms with Gasteiger partial charge in [-0.25, -0.2) is 9.97 Å². The number of ether oxygens (including phenoxy) is 1. The number of methoxy groups -OCH3 is 1. The lowest BCUT2D eigenvalue weighted by atomic mass is 10.1. The highest BCUT2D eigenvalue weighted by atomic mass is 32.2. The molecule has 0 radical (unpaired) electrons. The van der Waals surface area contributed by atoms with Crippen molar-refractivity contribution in [1.82, 2.24) is 25.1 Å². The number of hydrogen-bond acceptors (Lipinski definition) is 11. The first kappa shape index (κ1) is 30.4. The number of carbonyl (C=O) groups is 3. The Morgan fingerprint density at radius 1 is 1.02 bits per heavy atom. The molecule has 1 aromatic heterocycles. The normalized spacial score (nSPS) is 16.7. The summed E-state index contributed by atoms with van der Waals surface area (Å²) in [6, 6.07) is 5.63. The van der Waals surface area contributed by atoms with Crippen LogP contribution in [0, 0.1) is 13.8 Å². The Bertz CT molecular complexity index is 1330. The first-order valence-electron chi connectivity index (χ1n) is 13.3. The first-order valence-corrected chi connectivity index (χ1v) is 15.1. The summed E-state index contributed by atoms with van der Waals surface area (Å²) in [7, 11) is 1.57.